The molecule has 0 fully saturated rings. The Balaban J connectivity index is 2.13. The molecule has 2 amide bonds. The first-order chi connectivity index (χ1) is 14.4. The first kappa shape index (κ1) is 23.0. The Morgan fingerprint density at radius 2 is 1.70 bits per heavy atom. The zero-order chi connectivity index (χ0) is 22.1. The molecular weight excluding hydrogens is 386 g/mol. The van der Waals surface area contributed by atoms with Crippen LogP contribution in [0.25, 0.3) is 0 Å². The summed E-state index contributed by atoms with van der Waals surface area (Å²) in [7, 11) is 4.94. The monoisotopic (exact) mass is 415 g/mol. The number of nitrogens with zero attached hydrogens (tertiary/aromatic N) is 1. The molecule has 2 aromatic carbocycles. The van der Waals surface area contributed by atoms with E-state index in [1.807, 2.05) is 12.1 Å². The molecule has 0 bridgehead atoms. The molecule has 0 atom stereocenters. The van der Waals surface area contributed by atoms with Crippen LogP contribution in [0.4, 0.5) is 0 Å². The van der Waals surface area contributed by atoms with Gasteiger partial charge in [0, 0.05) is 18.7 Å². The van der Waals surface area contributed by atoms with Gasteiger partial charge in [0.15, 0.2) is 18.1 Å². The molecule has 0 aliphatic rings. The number of carbonyl (C=O) groups excluding carboxylic acids is 2. The number of amides is 2. The van der Waals surface area contributed by atoms with Gasteiger partial charge >= 0.3 is 0 Å². The van der Waals surface area contributed by atoms with Gasteiger partial charge < -0.3 is 30.2 Å². The van der Waals surface area contributed by atoms with Crippen molar-refractivity contribution in [1.82, 2.24) is 10.2 Å². The molecule has 0 heterocycles. The van der Waals surface area contributed by atoms with Gasteiger partial charge in [-0.15, -0.1) is 0 Å². The van der Waals surface area contributed by atoms with Gasteiger partial charge in [0.05, 0.1) is 14.2 Å². The van der Waals surface area contributed by atoms with Gasteiger partial charge in [0.2, 0.25) is 5.75 Å². The van der Waals surface area contributed by atoms with Crippen LogP contribution in [0.1, 0.15) is 28.4 Å². The number of carbonyl (C=O) groups is 2. The Morgan fingerprint density at radius 1 is 1.07 bits per heavy atom. The highest BCUT2D eigenvalue weighted by Gasteiger charge is 2.18. The fraction of sp³-hybridized carbons (Fsp3) is 0.364. The van der Waals surface area contributed by atoms with E-state index in [4.69, 9.17) is 19.9 Å². The summed E-state index contributed by atoms with van der Waals surface area (Å²) < 4.78 is 16.0. The summed E-state index contributed by atoms with van der Waals surface area (Å²) in [5, 5.41) is 2.90. The third kappa shape index (κ3) is 6.38. The topological polar surface area (TPSA) is 103 Å². The van der Waals surface area contributed by atoms with Gasteiger partial charge in [-0.1, -0.05) is 31.2 Å². The second-order valence-corrected chi connectivity index (χ2v) is 6.80. The summed E-state index contributed by atoms with van der Waals surface area (Å²) >= 11 is 0. The molecule has 0 saturated carbocycles. The van der Waals surface area contributed by atoms with Crippen LogP contribution in [0.15, 0.2) is 36.4 Å². The van der Waals surface area contributed by atoms with Gasteiger partial charge in [0.1, 0.15) is 0 Å². The predicted octanol–water partition coefficient (Wildman–Crippen LogP) is 1.95. The van der Waals surface area contributed by atoms with E-state index < -0.39 is 5.91 Å². The summed E-state index contributed by atoms with van der Waals surface area (Å²) in [6.45, 7) is 3.97. The summed E-state index contributed by atoms with van der Waals surface area (Å²) in [4.78, 5) is 25.9. The number of ether oxygens (including phenoxy) is 3. The van der Waals surface area contributed by atoms with E-state index >= 15 is 0 Å². The Labute approximate surface area is 176 Å². The fourth-order valence-electron chi connectivity index (χ4n) is 2.84. The lowest BCUT2D eigenvalue weighted by atomic mass is 10.1. The molecular formula is C22H29N3O5. The maximum Gasteiger partial charge on any atom is 0.255 e. The minimum atomic E-state index is -0.631. The Morgan fingerprint density at radius 3 is 2.27 bits per heavy atom. The van der Waals surface area contributed by atoms with Crippen molar-refractivity contribution >= 4 is 11.8 Å². The van der Waals surface area contributed by atoms with E-state index in [0.717, 1.165) is 18.7 Å². The van der Waals surface area contributed by atoms with E-state index in [1.54, 1.807) is 0 Å². The van der Waals surface area contributed by atoms with E-state index in [0.29, 0.717) is 12.1 Å². The van der Waals surface area contributed by atoms with Crippen molar-refractivity contribution in [2.45, 2.75) is 20.0 Å². The third-order valence-corrected chi connectivity index (χ3v) is 4.52. The minimum Gasteiger partial charge on any atom is -0.493 e. The number of primary amides is 1. The Bertz CT molecular complexity index is 860. The molecule has 0 aliphatic carbocycles. The van der Waals surface area contributed by atoms with Crippen LogP contribution in [0, 0.1) is 0 Å². The van der Waals surface area contributed by atoms with Crippen LogP contribution in [-0.2, 0) is 17.9 Å². The van der Waals surface area contributed by atoms with E-state index in [-0.39, 0.29) is 29.8 Å². The van der Waals surface area contributed by atoms with Crippen molar-refractivity contribution in [3.05, 3.63) is 53.1 Å². The number of hydrogen-bond donors (Lipinski definition) is 2. The molecule has 8 heteroatoms. The molecule has 3 N–H and O–H groups in total. The third-order valence-electron chi connectivity index (χ3n) is 4.52. The van der Waals surface area contributed by atoms with Crippen LogP contribution >= 0.6 is 0 Å². The molecule has 8 nitrogen and oxygen atoms in total. The minimum absolute atomic E-state index is 0.211. The van der Waals surface area contributed by atoms with Crippen molar-refractivity contribution in [1.29, 1.82) is 0 Å². The normalized spacial score (nSPS) is 10.6. The molecule has 0 spiro atoms. The van der Waals surface area contributed by atoms with Crippen LogP contribution in [-0.4, -0.2) is 51.1 Å². The van der Waals surface area contributed by atoms with Crippen molar-refractivity contribution in [2.75, 3.05) is 34.4 Å². The summed E-state index contributed by atoms with van der Waals surface area (Å²) in [6, 6.07) is 11.2. The number of methoxy groups -OCH3 is 2. The lowest BCUT2D eigenvalue weighted by Gasteiger charge is -2.16. The largest absolute Gasteiger partial charge is 0.493 e. The molecule has 0 saturated heterocycles. The number of rotatable bonds is 11. The lowest BCUT2D eigenvalue weighted by molar-refractivity contribution is -0.120. The van der Waals surface area contributed by atoms with E-state index in [1.165, 1.54) is 31.9 Å². The Hall–Kier alpha value is -3.26. The zero-order valence-electron chi connectivity index (χ0n) is 17.9. The number of nitrogens with two attached hydrogens (primary N) is 1. The zero-order valence-corrected chi connectivity index (χ0v) is 17.9. The Kier molecular flexibility index (Phi) is 8.49. The van der Waals surface area contributed by atoms with Gasteiger partial charge in [-0.05, 0) is 36.9 Å². The van der Waals surface area contributed by atoms with E-state index in [2.05, 4.69) is 36.3 Å². The predicted molar refractivity (Wildman–Crippen MR) is 114 cm³/mol. The number of hydrogen-bond acceptors (Lipinski definition) is 6. The van der Waals surface area contributed by atoms with Gasteiger partial charge in [-0.2, -0.15) is 0 Å². The first-order valence-electron chi connectivity index (χ1n) is 9.59. The van der Waals surface area contributed by atoms with Crippen LogP contribution in [0.5, 0.6) is 17.2 Å². The van der Waals surface area contributed by atoms with Gasteiger partial charge in [-0.3, -0.25) is 9.59 Å². The number of nitrogens with one attached hydrogen (secondary N) is 1. The molecule has 0 unspecified atom stereocenters. The summed E-state index contributed by atoms with van der Waals surface area (Å²) in [5.41, 5.74) is 7.66. The van der Waals surface area contributed by atoms with E-state index in [9.17, 15) is 9.59 Å². The van der Waals surface area contributed by atoms with Crippen molar-refractivity contribution in [2.24, 2.45) is 5.73 Å². The van der Waals surface area contributed by atoms with Crippen LogP contribution in [0.2, 0.25) is 0 Å². The fourth-order valence-corrected chi connectivity index (χ4v) is 2.84. The average molecular weight is 415 g/mol. The molecule has 0 aliphatic heterocycles. The quantitative estimate of drug-likeness (QED) is 0.582. The van der Waals surface area contributed by atoms with Crippen LogP contribution in [0.3, 0.4) is 0 Å². The lowest BCUT2D eigenvalue weighted by Crippen LogP contribution is -2.23. The molecule has 0 aromatic heterocycles. The standard InChI is InChI=1S/C22H29N3O5/c1-5-25(2)13-16-8-6-7-15(9-16)12-24-22(27)17-10-18(28-3)21(19(11-17)29-4)30-14-20(23)26/h6-11H,5,12-14H2,1-4H3,(H2,23,26)(H,24,27). The first-order valence-corrected chi connectivity index (χ1v) is 9.59. The number of benzene rings is 2. The van der Waals surface area contributed by atoms with Gasteiger partial charge in [-0.25, -0.2) is 0 Å². The second-order valence-electron chi connectivity index (χ2n) is 6.80. The molecule has 0 radical (unpaired) electrons. The highest BCUT2D eigenvalue weighted by Crippen LogP contribution is 2.38. The highest BCUT2D eigenvalue weighted by atomic mass is 16.5. The highest BCUT2D eigenvalue weighted by molar-refractivity contribution is 5.95. The molecule has 30 heavy (non-hydrogen) atoms. The molecule has 2 aromatic rings. The molecule has 162 valence electrons. The van der Waals surface area contributed by atoms with Crippen molar-refractivity contribution < 1.29 is 23.8 Å². The van der Waals surface area contributed by atoms with Crippen molar-refractivity contribution in [3.8, 4) is 17.2 Å². The second kappa shape index (κ2) is 11.1. The van der Waals surface area contributed by atoms with Gasteiger partial charge in [0.25, 0.3) is 11.8 Å². The SMILES string of the molecule is CCN(C)Cc1cccc(CNC(=O)c2cc(OC)c(OCC(N)=O)c(OC)c2)c1. The van der Waals surface area contributed by atoms with Crippen molar-refractivity contribution in [3.63, 3.8) is 0 Å². The van der Waals surface area contributed by atoms with Crippen LogP contribution < -0.4 is 25.3 Å². The summed E-state index contributed by atoms with van der Waals surface area (Å²) in [5.74, 6) is -0.170. The summed E-state index contributed by atoms with van der Waals surface area (Å²) in [6.07, 6.45) is 0. The molecule has 2 rings (SSSR count). The maximum absolute atomic E-state index is 12.7. The maximum atomic E-state index is 12.7. The smallest absolute Gasteiger partial charge is 0.255 e. The average Bonchev–Trinajstić information content (AvgIpc) is 2.75.